The Morgan fingerprint density at radius 1 is 1.50 bits per heavy atom. The average molecular weight is 209 g/mol. The predicted molar refractivity (Wildman–Crippen MR) is 55.7 cm³/mol. The van der Waals surface area contributed by atoms with E-state index in [1.165, 1.54) is 0 Å². The molecule has 0 radical (unpaired) electrons. The lowest BCUT2D eigenvalue weighted by atomic mass is 9.97. The van der Waals surface area contributed by atoms with Crippen molar-refractivity contribution in [1.82, 2.24) is 5.32 Å². The van der Waals surface area contributed by atoms with E-state index in [1.807, 2.05) is 12.1 Å². The second kappa shape index (κ2) is 3.53. The van der Waals surface area contributed by atoms with Crippen LogP contribution in [-0.2, 0) is 4.79 Å². The van der Waals surface area contributed by atoms with Gasteiger partial charge in [-0.05, 0) is 6.07 Å². The second-order valence-corrected chi connectivity index (χ2v) is 3.90. The van der Waals surface area contributed by atoms with Crippen LogP contribution in [0.15, 0.2) is 23.1 Å². The van der Waals surface area contributed by atoms with E-state index in [0.717, 1.165) is 5.56 Å². The Labute approximate surface area is 87.5 Å². The summed E-state index contributed by atoms with van der Waals surface area (Å²) in [5, 5.41) is 12.5. The van der Waals surface area contributed by atoms with E-state index in [4.69, 9.17) is 0 Å². The molecule has 0 aromatic heterocycles. The minimum Gasteiger partial charge on any atom is -0.506 e. The molecule has 1 saturated heterocycles. The number of carbonyl (C=O) groups is 1. The highest BCUT2D eigenvalue weighted by atomic mass is 32.1. The van der Waals surface area contributed by atoms with Crippen LogP contribution in [0.25, 0.3) is 0 Å². The lowest BCUT2D eigenvalue weighted by Crippen LogP contribution is -2.13. The molecule has 14 heavy (non-hydrogen) atoms. The SMILES string of the molecule is O=C1CC(c2cccc(S)c2O)CN1. The summed E-state index contributed by atoms with van der Waals surface area (Å²) in [5.41, 5.74) is 0.802. The van der Waals surface area contributed by atoms with Crippen molar-refractivity contribution in [1.29, 1.82) is 0 Å². The summed E-state index contributed by atoms with van der Waals surface area (Å²) in [5.74, 6) is 0.311. The van der Waals surface area contributed by atoms with Crippen LogP contribution in [0.1, 0.15) is 17.9 Å². The number of benzene rings is 1. The number of phenolic OH excluding ortho intramolecular Hbond substituents is 1. The van der Waals surface area contributed by atoms with Crippen molar-refractivity contribution >= 4 is 18.5 Å². The van der Waals surface area contributed by atoms with Gasteiger partial charge in [0.1, 0.15) is 5.75 Å². The molecule has 0 spiro atoms. The molecule has 3 nitrogen and oxygen atoms in total. The molecule has 0 bridgehead atoms. The van der Waals surface area contributed by atoms with Gasteiger partial charge in [0.05, 0.1) is 0 Å². The van der Waals surface area contributed by atoms with Crippen molar-refractivity contribution < 1.29 is 9.90 Å². The second-order valence-electron chi connectivity index (χ2n) is 3.42. The van der Waals surface area contributed by atoms with Gasteiger partial charge in [0, 0.05) is 29.3 Å². The Morgan fingerprint density at radius 3 is 2.93 bits per heavy atom. The molecular weight excluding hydrogens is 198 g/mol. The Balaban J connectivity index is 2.32. The standard InChI is InChI=1S/C10H11NO2S/c12-9-4-6(5-11-9)7-2-1-3-8(14)10(7)13/h1-3,6,13-14H,4-5H2,(H,11,12). The number of aromatic hydroxyl groups is 1. The van der Waals surface area contributed by atoms with Gasteiger partial charge in [-0.3, -0.25) is 4.79 Å². The molecule has 74 valence electrons. The summed E-state index contributed by atoms with van der Waals surface area (Å²) in [6.07, 6.45) is 0.449. The quantitative estimate of drug-likeness (QED) is 0.610. The highest BCUT2D eigenvalue weighted by molar-refractivity contribution is 7.80. The summed E-state index contributed by atoms with van der Waals surface area (Å²) in [6.45, 7) is 0.601. The Bertz CT molecular complexity index is 378. The molecule has 1 aliphatic rings. The van der Waals surface area contributed by atoms with Crippen molar-refractivity contribution in [2.75, 3.05) is 6.54 Å². The molecule has 1 aromatic carbocycles. The summed E-state index contributed by atoms with van der Waals surface area (Å²) < 4.78 is 0. The number of hydrogen-bond acceptors (Lipinski definition) is 3. The number of hydrogen-bond donors (Lipinski definition) is 3. The molecule has 1 unspecified atom stereocenters. The molecule has 0 saturated carbocycles. The number of amides is 1. The fraction of sp³-hybridized carbons (Fsp3) is 0.300. The van der Waals surface area contributed by atoms with E-state index in [2.05, 4.69) is 17.9 Å². The predicted octanol–water partition coefficient (Wildman–Crippen LogP) is 1.28. The molecule has 2 rings (SSSR count). The fourth-order valence-corrected chi connectivity index (χ4v) is 1.92. The van der Waals surface area contributed by atoms with Gasteiger partial charge >= 0.3 is 0 Å². The third-order valence-corrected chi connectivity index (χ3v) is 2.82. The van der Waals surface area contributed by atoms with Crippen LogP contribution in [0.5, 0.6) is 5.75 Å². The zero-order valence-electron chi connectivity index (χ0n) is 7.53. The fourth-order valence-electron chi connectivity index (χ4n) is 1.70. The maximum Gasteiger partial charge on any atom is 0.220 e. The van der Waals surface area contributed by atoms with Crippen LogP contribution < -0.4 is 5.32 Å². The largest absolute Gasteiger partial charge is 0.506 e. The van der Waals surface area contributed by atoms with Gasteiger partial charge in [-0.25, -0.2) is 0 Å². The zero-order valence-corrected chi connectivity index (χ0v) is 8.42. The van der Waals surface area contributed by atoms with Gasteiger partial charge in [0.2, 0.25) is 5.91 Å². The molecule has 1 fully saturated rings. The zero-order chi connectivity index (χ0) is 10.1. The first kappa shape index (κ1) is 9.40. The maximum atomic E-state index is 11.0. The number of carbonyl (C=O) groups excluding carboxylic acids is 1. The number of phenols is 1. The van der Waals surface area contributed by atoms with Gasteiger partial charge in [0.15, 0.2) is 0 Å². The molecule has 1 atom stereocenters. The number of rotatable bonds is 1. The normalized spacial score (nSPS) is 20.9. The van der Waals surface area contributed by atoms with E-state index in [1.54, 1.807) is 6.07 Å². The summed E-state index contributed by atoms with van der Waals surface area (Å²) in [4.78, 5) is 11.6. The Morgan fingerprint density at radius 2 is 2.29 bits per heavy atom. The van der Waals surface area contributed by atoms with E-state index in [9.17, 15) is 9.90 Å². The monoisotopic (exact) mass is 209 g/mol. The molecule has 1 amide bonds. The average Bonchev–Trinajstić information content (AvgIpc) is 2.57. The molecular formula is C10H11NO2S. The molecule has 4 heteroatoms. The van der Waals surface area contributed by atoms with Crippen molar-refractivity contribution in [3.8, 4) is 5.75 Å². The molecule has 2 N–H and O–H groups in total. The van der Waals surface area contributed by atoms with Crippen LogP contribution >= 0.6 is 12.6 Å². The highest BCUT2D eigenvalue weighted by Gasteiger charge is 2.25. The minimum atomic E-state index is 0.0407. The first-order valence-electron chi connectivity index (χ1n) is 4.46. The van der Waals surface area contributed by atoms with Crippen LogP contribution in [0.4, 0.5) is 0 Å². The van der Waals surface area contributed by atoms with Crippen LogP contribution in [0.3, 0.4) is 0 Å². The van der Waals surface area contributed by atoms with Crippen LogP contribution in [0.2, 0.25) is 0 Å². The first-order chi connectivity index (χ1) is 6.68. The smallest absolute Gasteiger partial charge is 0.220 e. The summed E-state index contributed by atoms with van der Waals surface area (Å²) in [7, 11) is 0. The van der Waals surface area contributed by atoms with Crippen molar-refractivity contribution in [3.63, 3.8) is 0 Å². The minimum absolute atomic E-state index is 0.0407. The van der Waals surface area contributed by atoms with Gasteiger partial charge in [0.25, 0.3) is 0 Å². The number of para-hydroxylation sites is 1. The maximum absolute atomic E-state index is 11.0. The lowest BCUT2D eigenvalue weighted by molar-refractivity contribution is -0.119. The van der Waals surface area contributed by atoms with Gasteiger partial charge in [-0.1, -0.05) is 12.1 Å². The van der Waals surface area contributed by atoms with E-state index in [-0.39, 0.29) is 17.6 Å². The Kier molecular flexibility index (Phi) is 2.37. The van der Waals surface area contributed by atoms with Gasteiger partial charge < -0.3 is 10.4 Å². The summed E-state index contributed by atoms with van der Waals surface area (Å²) >= 11 is 4.13. The molecule has 1 aromatic rings. The van der Waals surface area contributed by atoms with Crippen molar-refractivity contribution in [3.05, 3.63) is 23.8 Å². The third kappa shape index (κ3) is 1.57. The third-order valence-electron chi connectivity index (χ3n) is 2.46. The van der Waals surface area contributed by atoms with E-state index in [0.29, 0.717) is 17.9 Å². The van der Waals surface area contributed by atoms with E-state index < -0.39 is 0 Å². The number of nitrogens with one attached hydrogen (secondary N) is 1. The molecule has 1 heterocycles. The van der Waals surface area contributed by atoms with E-state index >= 15 is 0 Å². The number of thiol groups is 1. The first-order valence-corrected chi connectivity index (χ1v) is 4.90. The van der Waals surface area contributed by atoms with Crippen LogP contribution in [-0.4, -0.2) is 17.6 Å². The van der Waals surface area contributed by atoms with Gasteiger partial charge in [-0.15, -0.1) is 12.6 Å². The lowest BCUT2D eigenvalue weighted by Gasteiger charge is -2.10. The van der Waals surface area contributed by atoms with Crippen LogP contribution in [0, 0.1) is 0 Å². The Hall–Kier alpha value is -1.16. The molecule has 1 aliphatic heterocycles. The van der Waals surface area contributed by atoms with Gasteiger partial charge in [-0.2, -0.15) is 0 Å². The van der Waals surface area contributed by atoms with Crippen molar-refractivity contribution in [2.45, 2.75) is 17.2 Å². The topological polar surface area (TPSA) is 49.3 Å². The summed E-state index contributed by atoms with van der Waals surface area (Å²) in [6, 6.07) is 5.40. The molecule has 0 aliphatic carbocycles. The van der Waals surface area contributed by atoms with Crippen molar-refractivity contribution in [2.24, 2.45) is 0 Å². The highest BCUT2D eigenvalue weighted by Crippen LogP contribution is 2.34.